The molecule has 0 spiro atoms. The average Bonchev–Trinajstić information content (AvgIpc) is 2.87. The van der Waals surface area contributed by atoms with Gasteiger partial charge >= 0.3 is 0 Å². The molecule has 2 aromatic rings. The van der Waals surface area contributed by atoms with E-state index < -0.39 is 0 Å². The highest BCUT2D eigenvalue weighted by molar-refractivity contribution is 7.07. The van der Waals surface area contributed by atoms with E-state index in [-0.39, 0.29) is 0 Å². The van der Waals surface area contributed by atoms with E-state index in [2.05, 4.69) is 33.3 Å². The quantitative estimate of drug-likeness (QED) is 0.836. The smallest absolute Gasteiger partial charge is 0.0954 e. The van der Waals surface area contributed by atoms with Crippen LogP contribution in [0.2, 0.25) is 0 Å². The molecular formula is C10H13N3S. The monoisotopic (exact) mass is 207 g/mol. The summed E-state index contributed by atoms with van der Waals surface area (Å²) in [4.78, 5) is 4.11. The molecule has 0 amide bonds. The van der Waals surface area contributed by atoms with E-state index >= 15 is 0 Å². The van der Waals surface area contributed by atoms with Crippen molar-refractivity contribution in [2.45, 2.75) is 19.5 Å². The number of rotatable bonds is 3. The van der Waals surface area contributed by atoms with Gasteiger partial charge in [-0.3, -0.25) is 0 Å². The highest BCUT2D eigenvalue weighted by atomic mass is 32.1. The molecule has 0 saturated carbocycles. The minimum absolute atomic E-state index is 0.322. The number of thiophene rings is 1. The number of imidazole rings is 1. The molecule has 2 aromatic heterocycles. The van der Waals surface area contributed by atoms with Crippen molar-refractivity contribution in [3.05, 3.63) is 40.6 Å². The first-order valence-corrected chi connectivity index (χ1v) is 5.50. The molecule has 2 heterocycles. The summed E-state index contributed by atoms with van der Waals surface area (Å²) in [6.45, 7) is 2.69. The minimum Gasteiger partial charge on any atom is -0.326 e. The Bertz CT molecular complexity index is 391. The molecule has 2 N–H and O–H groups in total. The SMILES string of the molecule is CC(c1ccsc1)n1cncc1CN. The Morgan fingerprint density at radius 1 is 1.64 bits per heavy atom. The van der Waals surface area contributed by atoms with Crippen LogP contribution in [-0.4, -0.2) is 9.55 Å². The van der Waals surface area contributed by atoms with Crippen LogP contribution in [0.25, 0.3) is 0 Å². The van der Waals surface area contributed by atoms with Crippen LogP contribution in [-0.2, 0) is 6.54 Å². The number of nitrogens with two attached hydrogens (primary N) is 1. The van der Waals surface area contributed by atoms with Crippen LogP contribution in [0.4, 0.5) is 0 Å². The van der Waals surface area contributed by atoms with Gasteiger partial charge in [0.05, 0.1) is 18.1 Å². The Hall–Kier alpha value is -1.13. The molecule has 0 bridgehead atoms. The standard InChI is InChI=1S/C10H13N3S/c1-8(9-2-3-14-6-9)13-7-12-5-10(13)4-11/h2-3,5-8H,4,11H2,1H3. The lowest BCUT2D eigenvalue weighted by atomic mass is 10.2. The van der Waals surface area contributed by atoms with Gasteiger partial charge in [-0.2, -0.15) is 11.3 Å². The van der Waals surface area contributed by atoms with Crippen molar-refractivity contribution in [3.8, 4) is 0 Å². The zero-order valence-corrected chi connectivity index (χ0v) is 8.87. The Kier molecular flexibility index (Phi) is 2.65. The summed E-state index contributed by atoms with van der Waals surface area (Å²) in [6.07, 6.45) is 3.66. The summed E-state index contributed by atoms with van der Waals surface area (Å²) in [6, 6.07) is 2.46. The summed E-state index contributed by atoms with van der Waals surface area (Å²) in [5.41, 5.74) is 8.01. The molecule has 0 saturated heterocycles. The van der Waals surface area contributed by atoms with Crippen molar-refractivity contribution in [1.29, 1.82) is 0 Å². The topological polar surface area (TPSA) is 43.8 Å². The summed E-state index contributed by atoms with van der Waals surface area (Å²) < 4.78 is 2.11. The van der Waals surface area contributed by atoms with Crippen LogP contribution in [0.3, 0.4) is 0 Å². The van der Waals surface area contributed by atoms with Crippen LogP contribution in [0.5, 0.6) is 0 Å². The second kappa shape index (κ2) is 3.94. The maximum absolute atomic E-state index is 5.63. The van der Waals surface area contributed by atoms with Crippen molar-refractivity contribution >= 4 is 11.3 Å². The molecule has 2 rings (SSSR count). The minimum atomic E-state index is 0.322. The fourth-order valence-electron chi connectivity index (χ4n) is 1.51. The molecule has 4 heteroatoms. The molecule has 0 aliphatic carbocycles. The molecule has 1 atom stereocenters. The predicted octanol–water partition coefficient (Wildman–Crippen LogP) is 2.01. The van der Waals surface area contributed by atoms with Crippen molar-refractivity contribution in [1.82, 2.24) is 9.55 Å². The highest BCUT2D eigenvalue weighted by Gasteiger charge is 2.10. The van der Waals surface area contributed by atoms with Crippen molar-refractivity contribution in [3.63, 3.8) is 0 Å². The van der Waals surface area contributed by atoms with E-state index in [1.54, 1.807) is 11.3 Å². The van der Waals surface area contributed by atoms with E-state index in [1.807, 2.05) is 12.5 Å². The third-order valence-corrected chi connectivity index (χ3v) is 3.10. The Labute approximate surface area is 87.2 Å². The number of hydrogen-bond acceptors (Lipinski definition) is 3. The molecule has 74 valence electrons. The molecule has 3 nitrogen and oxygen atoms in total. The lowest BCUT2D eigenvalue weighted by Gasteiger charge is -2.14. The van der Waals surface area contributed by atoms with Gasteiger partial charge in [0, 0.05) is 12.7 Å². The number of aromatic nitrogens is 2. The fourth-order valence-corrected chi connectivity index (χ4v) is 2.26. The molecule has 0 fully saturated rings. The van der Waals surface area contributed by atoms with Gasteiger partial charge in [-0.1, -0.05) is 0 Å². The molecule has 1 unspecified atom stereocenters. The lowest BCUT2D eigenvalue weighted by molar-refractivity contribution is 0.611. The van der Waals surface area contributed by atoms with Gasteiger partial charge in [0.25, 0.3) is 0 Å². The maximum atomic E-state index is 5.63. The largest absolute Gasteiger partial charge is 0.326 e. The first-order valence-electron chi connectivity index (χ1n) is 4.55. The van der Waals surface area contributed by atoms with Crippen LogP contribution in [0.15, 0.2) is 29.4 Å². The van der Waals surface area contributed by atoms with Crippen LogP contribution in [0, 0.1) is 0 Å². The molecule has 14 heavy (non-hydrogen) atoms. The first kappa shape index (κ1) is 9.43. The number of nitrogens with zero attached hydrogens (tertiary/aromatic N) is 2. The lowest BCUT2D eigenvalue weighted by Crippen LogP contribution is -2.11. The normalized spacial score (nSPS) is 13.0. The van der Waals surface area contributed by atoms with Gasteiger partial charge in [0.1, 0.15) is 0 Å². The average molecular weight is 207 g/mol. The third-order valence-electron chi connectivity index (χ3n) is 2.40. The van der Waals surface area contributed by atoms with Gasteiger partial charge in [0.2, 0.25) is 0 Å². The molecule has 0 aliphatic heterocycles. The van der Waals surface area contributed by atoms with E-state index in [4.69, 9.17) is 5.73 Å². The molecule has 0 radical (unpaired) electrons. The van der Waals surface area contributed by atoms with Crippen LogP contribution < -0.4 is 5.73 Å². The number of hydrogen-bond donors (Lipinski definition) is 1. The van der Waals surface area contributed by atoms with E-state index in [1.165, 1.54) is 5.56 Å². The second-order valence-corrected chi connectivity index (χ2v) is 4.01. The van der Waals surface area contributed by atoms with E-state index in [0.717, 1.165) is 5.69 Å². The van der Waals surface area contributed by atoms with E-state index in [0.29, 0.717) is 12.6 Å². The molecule has 0 aliphatic rings. The molecular weight excluding hydrogens is 194 g/mol. The second-order valence-electron chi connectivity index (χ2n) is 3.23. The predicted molar refractivity (Wildman–Crippen MR) is 58.3 cm³/mol. The Balaban J connectivity index is 2.31. The first-order chi connectivity index (χ1) is 6.83. The van der Waals surface area contributed by atoms with Crippen molar-refractivity contribution < 1.29 is 0 Å². The zero-order chi connectivity index (χ0) is 9.97. The van der Waals surface area contributed by atoms with Gasteiger partial charge in [-0.15, -0.1) is 0 Å². The van der Waals surface area contributed by atoms with Crippen LogP contribution in [0.1, 0.15) is 24.2 Å². The van der Waals surface area contributed by atoms with E-state index in [9.17, 15) is 0 Å². The van der Waals surface area contributed by atoms with Crippen molar-refractivity contribution in [2.75, 3.05) is 0 Å². The van der Waals surface area contributed by atoms with Gasteiger partial charge < -0.3 is 10.3 Å². The zero-order valence-electron chi connectivity index (χ0n) is 8.05. The summed E-state index contributed by atoms with van der Waals surface area (Å²) in [5, 5.41) is 4.25. The summed E-state index contributed by atoms with van der Waals surface area (Å²) in [7, 11) is 0. The molecule has 0 aromatic carbocycles. The fraction of sp³-hybridized carbons (Fsp3) is 0.300. The third kappa shape index (κ3) is 1.58. The maximum Gasteiger partial charge on any atom is 0.0954 e. The highest BCUT2D eigenvalue weighted by Crippen LogP contribution is 2.21. The van der Waals surface area contributed by atoms with Crippen LogP contribution >= 0.6 is 11.3 Å². The summed E-state index contributed by atoms with van der Waals surface area (Å²) in [5.74, 6) is 0. The Morgan fingerprint density at radius 3 is 3.14 bits per heavy atom. The van der Waals surface area contributed by atoms with Gasteiger partial charge in [0.15, 0.2) is 0 Å². The Morgan fingerprint density at radius 2 is 2.50 bits per heavy atom. The van der Waals surface area contributed by atoms with Gasteiger partial charge in [-0.05, 0) is 29.3 Å². The summed E-state index contributed by atoms with van der Waals surface area (Å²) >= 11 is 1.71. The van der Waals surface area contributed by atoms with Gasteiger partial charge in [-0.25, -0.2) is 4.98 Å². The van der Waals surface area contributed by atoms with Crippen molar-refractivity contribution in [2.24, 2.45) is 5.73 Å².